The standard InChI is InChI=1S/C14H19FN2O2S/c15-12-4-3-11(8-16)14(7-12)20(18,19)17(13-5-6-13)9-10-1-2-10/h3-4,7,10,13H,1-2,5-6,8-9,16H2. The van der Waals surface area contributed by atoms with Crippen LogP contribution in [0.1, 0.15) is 31.2 Å². The SMILES string of the molecule is NCc1ccc(F)cc1S(=O)(=O)N(CC1CC1)C1CC1. The minimum absolute atomic E-state index is 0.0348. The maximum Gasteiger partial charge on any atom is 0.243 e. The lowest BCUT2D eigenvalue weighted by Crippen LogP contribution is -2.35. The van der Waals surface area contributed by atoms with Crippen LogP contribution >= 0.6 is 0 Å². The van der Waals surface area contributed by atoms with E-state index in [9.17, 15) is 12.8 Å². The highest BCUT2D eigenvalue weighted by Gasteiger charge is 2.41. The zero-order valence-electron chi connectivity index (χ0n) is 11.3. The number of hydrogen-bond acceptors (Lipinski definition) is 3. The van der Waals surface area contributed by atoms with Crippen LogP contribution in [-0.4, -0.2) is 25.3 Å². The molecule has 0 atom stereocenters. The molecule has 2 aliphatic rings. The van der Waals surface area contributed by atoms with Gasteiger partial charge in [-0.3, -0.25) is 0 Å². The highest BCUT2D eigenvalue weighted by atomic mass is 32.2. The van der Waals surface area contributed by atoms with Crippen molar-refractivity contribution in [3.8, 4) is 0 Å². The van der Waals surface area contributed by atoms with Crippen molar-refractivity contribution < 1.29 is 12.8 Å². The Hall–Kier alpha value is -0.980. The molecule has 0 bridgehead atoms. The molecule has 0 unspecified atom stereocenters. The maximum absolute atomic E-state index is 13.4. The molecule has 0 aromatic heterocycles. The first-order chi connectivity index (χ1) is 9.52. The Balaban J connectivity index is 1.98. The van der Waals surface area contributed by atoms with E-state index in [1.807, 2.05) is 0 Å². The van der Waals surface area contributed by atoms with Gasteiger partial charge in [-0.15, -0.1) is 0 Å². The maximum atomic E-state index is 13.4. The number of rotatable bonds is 6. The third-order valence-electron chi connectivity index (χ3n) is 3.92. The molecule has 0 heterocycles. The summed E-state index contributed by atoms with van der Waals surface area (Å²) in [5, 5.41) is 0. The molecule has 0 radical (unpaired) electrons. The van der Waals surface area contributed by atoms with Crippen LogP contribution in [0.4, 0.5) is 4.39 Å². The van der Waals surface area contributed by atoms with Gasteiger partial charge in [0, 0.05) is 19.1 Å². The van der Waals surface area contributed by atoms with E-state index >= 15 is 0 Å². The monoisotopic (exact) mass is 298 g/mol. The quantitative estimate of drug-likeness (QED) is 0.871. The second-order valence-corrected chi connectivity index (χ2v) is 7.56. The molecule has 2 aliphatic carbocycles. The van der Waals surface area contributed by atoms with Crippen molar-refractivity contribution in [1.29, 1.82) is 0 Å². The predicted molar refractivity (Wildman–Crippen MR) is 73.9 cm³/mol. The summed E-state index contributed by atoms with van der Waals surface area (Å²) in [5.41, 5.74) is 6.08. The number of benzene rings is 1. The van der Waals surface area contributed by atoms with Crippen molar-refractivity contribution in [3.63, 3.8) is 0 Å². The van der Waals surface area contributed by atoms with Gasteiger partial charge in [0.25, 0.3) is 0 Å². The molecular weight excluding hydrogens is 279 g/mol. The molecule has 1 aromatic rings. The summed E-state index contributed by atoms with van der Waals surface area (Å²) in [6, 6.07) is 3.91. The first-order valence-corrected chi connectivity index (χ1v) is 8.46. The van der Waals surface area contributed by atoms with Crippen LogP contribution in [0, 0.1) is 11.7 Å². The zero-order chi connectivity index (χ0) is 14.3. The molecule has 0 aliphatic heterocycles. The van der Waals surface area contributed by atoms with Crippen LogP contribution in [0.25, 0.3) is 0 Å². The Morgan fingerprint density at radius 3 is 2.50 bits per heavy atom. The largest absolute Gasteiger partial charge is 0.326 e. The fourth-order valence-corrected chi connectivity index (χ4v) is 4.43. The third kappa shape index (κ3) is 2.73. The lowest BCUT2D eigenvalue weighted by molar-refractivity contribution is 0.388. The van der Waals surface area contributed by atoms with E-state index in [4.69, 9.17) is 5.73 Å². The van der Waals surface area contributed by atoms with E-state index in [1.165, 1.54) is 12.1 Å². The zero-order valence-corrected chi connectivity index (χ0v) is 12.1. The van der Waals surface area contributed by atoms with Crippen LogP contribution in [0.2, 0.25) is 0 Å². The van der Waals surface area contributed by atoms with Crippen molar-refractivity contribution in [1.82, 2.24) is 4.31 Å². The molecule has 0 saturated heterocycles. The molecule has 2 saturated carbocycles. The molecule has 3 rings (SSSR count). The molecule has 0 spiro atoms. The summed E-state index contributed by atoms with van der Waals surface area (Å²) >= 11 is 0. The second-order valence-electron chi connectivity index (χ2n) is 5.71. The van der Waals surface area contributed by atoms with Crippen molar-refractivity contribution in [2.75, 3.05) is 6.54 Å². The number of halogens is 1. The summed E-state index contributed by atoms with van der Waals surface area (Å²) in [5.74, 6) is -0.0665. The van der Waals surface area contributed by atoms with E-state index in [1.54, 1.807) is 4.31 Å². The minimum atomic E-state index is -3.64. The van der Waals surface area contributed by atoms with Crippen LogP contribution < -0.4 is 5.73 Å². The smallest absolute Gasteiger partial charge is 0.243 e. The van der Waals surface area contributed by atoms with Gasteiger partial charge in [-0.05, 0) is 49.3 Å². The second kappa shape index (κ2) is 5.09. The van der Waals surface area contributed by atoms with Gasteiger partial charge in [0.2, 0.25) is 10.0 Å². The van der Waals surface area contributed by atoms with Gasteiger partial charge in [-0.1, -0.05) is 6.07 Å². The summed E-state index contributed by atoms with van der Waals surface area (Å²) < 4.78 is 40.6. The summed E-state index contributed by atoms with van der Waals surface area (Å²) in [4.78, 5) is 0.0348. The lowest BCUT2D eigenvalue weighted by atomic mass is 10.2. The average molecular weight is 298 g/mol. The molecule has 2 N–H and O–H groups in total. The Morgan fingerprint density at radius 1 is 1.25 bits per heavy atom. The Kier molecular flexibility index (Phi) is 3.56. The lowest BCUT2D eigenvalue weighted by Gasteiger charge is -2.23. The number of nitrogens with two attached hydrogens (primary N) is 1. The number of nitrogens with zero attached hydrogens (tertiary/aromatic N) is 1. The van der Waals surface area contributed by atoms with Crippen molar-refractivity contribution in [2.24, 2.45) is 11.7 Å². The van der Waals surface area contributed by atoms with Gasteiger partial charge in [0.05, 0.1) is 4.90 Å². The molecule has 20 heavy (non-hydrogen) atoms. The normalized spacial score (nSPS) is 19.6. The van der Waals surface area contributed by atoms with Gasteiger partial charge >= 0.3 is 0 Å². The van der Waals surface area contributed by atoms with Crippen LogP contribution in [0.3, 0.4) is 0 Å². The summed E-state index contributed by atoms with van der Waals surface area (Å²) in [7, 11) is -3.64. The Labute approximate surface area is 118 Å². The molecule has 6 heteroatoms. The highest BCUT2D eigenvalue weighted by molar-refractivity contribution is 7.89. The van der Waals surface area contributed by atoms with Gasteiger partial charge in [-0.25, -0.2) is 12.8 Å². The summed E-state index contributed by atoms with van der Waals surface area (Å²) in [6.45, 7) is 0.657. The Morgan fingerprint density at radius 2 is 1.95 bits per heavy atom. The fraction of sp³-hybridized carbons (Fsp3) is 0.571. The molecule has 2 fully saturated rings. The predicted octanol–water partition coefficient (Wildman–Crippen LogP) is 1.85. The van der Waals surface area contributed by atoms with Crippen molar-refractivity contribution >= 4 is 10.0 Å². The topological polar surface area (TPSA) is 63.4 Å². The van der Waals surface area contributed by atoms with E-state index in [2.05, 4.69) is 0 Å². The third-order valence-corrected chi connectivity index (χ3v) is 5.93. The van der Waals surface area contributed by atoms with E-state index in [-0.39, 0.29) is 17.5 Å². The fourth-order valence-electron chi connectivity index (χ4n) is 2.42. The van der Waals surface area contributed by atoms with Gasteiger partial charge in [0.1, 0.15) is 5.82 Å². The minimum Gasteiger partial charge on any atom is -0.326 e. The molecule has 0 amide bonds. The van der Waals surface area contributed by atoms with Crippen molar-refractivity contribution in [2.45, 2.75) is 43.2 Å². The van der Waals surface area contributed by atoms with E-state index in [0.29, 0.717) is 18.0 Å². The van der Waals surface area contributed by atoms with Gasteiger partial charge in [0.15, 0.2) is 0 Å². The molecule has 1 aromatic carbocycles. The van der Waals surface area contributed by atoms with Gasteiger partial charge in [-0.2, -0.15) is 4.31 Å². The Bertz CT molecular complexity index is 610. The van der Waals surface area contributed by atoms with E-state index in [0.717, 1.165) is 31.7 Å². The molecule has 110 valence electrons. The number of sulfonamides is 1. The van der Waals surface area contributed by atoms with E-state index < -0.39 is 15.8 Å². The van der Waals surface area contributed by atoms with Crippen LogP contribution in [0.15, 0.2) is 23.1 Å². The number of hydrogen-bond donors (Lipinski definition) is 1. The first-order valence-electron chi connectivity index (χ1n) is 7.02. The van der Waals surface area contributed by atoms with Gasteiger partial charge < -0.3 is 5.73 Å². The van der Waals surface area contributed by atoms with Crippen LogP contribution in [0.5, 0.6) is 0 Å². The first kappa shape index (κ1) is 14.0. The molecule has 4 nitrogen and oxygen atoms in total. The average Bonchev–Trinajstić information content (AvgIpc) is 3.27. The molecular formula is C14H19FN2O2S. The highest BCUT2D eigenvalue weighted by Crippen LogP contribution is 2.38. The van der Waals surface area contributed by atoms with Crippen LogP contribution in [-0.2, 0) is 16.6 Å². The van der Waals surface area contributed by atoms with Crippen molar-refractivity contribution in [3.05, 3.63) is 29.6 Å². The summed E-state index contributed by atoms with van der Waals surface area (Å²) in [6.07, 6.45) is 3.98.